The van der Waals surface area contributed by atoms with Crippen LogP contribution < -0.4 is 15.4 Å². The monoisotopic (exact) mass is 556 g/mol. The predicted octanol–water partition coefficient (Wildman–Crippen LogP) is 2.49. The molecule has 1 aromatic carbocycles. The SMILES string of the molecule is CCNC(=NCc1ccccc1S(=O)(=O)NC(C)(C)C)NCCCOCCOC.I. The van der Waals surface area contributed by atoms with Gasteiger partial charge in [0.2, 0.25) is 10.0 Å². The second kappa shape index (κ2) is 15.0. The molecule has 0 unspecified atom stereocenters. The molecule has 0 aliphatic heterocycles. The Kier molecular flexibility index (Phi) is 14.5. The van der Waals surface area contributed by atoms with Crippen molar-refractivity contribution in [2.24, 2.45) is 4.99 Å². The fraction of sp³-hybridized carbons (Fsp3) is 0.650. The average Bonchev–Trinajstić information content (AvgIpc) is 2.63. The summed E-state index contributed by atoms with van der Waals surface area (Å²) in [6.07, 6.45) is 0.828. The first-order valence-corrected chi connectivity index (χ1v) is 11.4. The Bertz CT molecular complexity index is 737. The van der Waals surface area contributed by atoms with Gasteiger partial charge in [-0.25, -0.2) is 18.1 Å². The van der Waals surface area contributed by atoms with E-state index in [2.05, 4.69) is 20.3 Å². The van der Waals surface area contributed by atoms with Crippen molar-refractivity contribution in [2.75, 3.05) is 40.0 Å². The van der Waals surface area contributed by atoms with Gasteiger partial charge in [-0.05, 0) is 45.7 Å². The Labute approximate surface area is 198 Å². The third-order valence-corrected chi connectivity index (χ3v) is 5.50. The van der Waals surface area contributed by atoms with E-state index in [4.69, 9.17) is 9.47 Å². The highest BCUT2D eigenvalue weighted by molar-refractivity contribution is 14.0. The second-order valence-corrected chi connectivity index (χ2v) is 9.19. The van der Waals surface area contributed by atoms with E-state index in [1.165, 1.54) is 0 Å². The Hall–Kier alpha value is -0.950. The number of nitrogens with zero attached hydrogens (tertiary/aromatic N) is 1. The van der Waals surface area contributed by atoms with Crippen LogP contribution in [-0.2, 0) is 26.0 Å². The van der Waals surface area contributed by atoms with Crippen LogP contribution in [0.15, 0.2) is 34.2 Å². The Morgan fingerprint density at radius 1 is 1.10 bits per heavy atom. The zero-order valence-corrected chi connectivity index (χ0v) is 21.8. The molecule has 0 heterocycles. The van der Waals surface area contributed by atoms with Crippen LogP contribution in [0, 0.1) is 0 Å². The zero-order chi connectivity index (χ0) is 21.8. The van der Waals surface area contributed by atoms with Gasteiger partial charge in [0.1, 0.15) is 0 Å². The van der Waals surface area contributed by atoms with Gasteiger partial charge in [0.05, 0.1) is 24.7 Å². The van der Waals surface area contributed by atoms with E-state index in [-0.39, 0.29) is 35.4 Å². The number of sulfonamides is 1. The minimum atomic E-state index is -3.63. The van der Waals surface area contributed by atoms with E-state index in [1.54, 1.807) is 25.3 Å². The van der Waals surface area contributed by atoms with E-state index in [9.17, 15) is 8.42 Å². The van der Waals surface area contributed by atoms with E-state index in [0.717, 1.165) is 6.42 Å². The number of methoxy groups -OCH3 is 1. The van der Waals surface area contributed by atoms with Gasteiger partial charge in [-0.3, -0.25) is 0 Å². The summed E-state index contributed by atoms with van der Waals surface area (Å²) < 4.78 is 38.6. The first-order chi connectivity index (χ1) is 13.7. The highest BCUT2D eigenvalue weighted by atomic mass is 127. The van der Waals surface area contributed by atoms with Gasteiger partial charge in [0, 0.05) is 32.3 Å². The lowest BCUT2D eigenvalue weighted by Gasteiger charge is -2.21. The molecule has 30 heavy (non-hydrogen) atoms. The molecule has 0 spiro atoms. The van der Waals surface area contributed by atoms with Crippen LogP contribution in [-0.4, -0.2) is 59.9 Å². The van der Waals surface area contributed by atoms with Gasteiger partial charge < -0.3 is 20.1 Å². The fourth-order valence-electron chi connectivity index (χ4n) is 2.49. The lowest BCUT2D eigenvalue weighted by molar-refractivity contribution is 0.0698. The minimum Gasteiger partial charge on any atom is -0.382 e. The van der Waals surface area contributed by atoms with Crippen LogP contribution in [0.25, 0.3) is 0 Å². The standard InChI is InChI=1S/C20H36N4O4S.HI/c1-6-21-19(22-12-9-13-28-15-14-27-5)23-16-17-10-7-8-11-18(17)29(25,26)24-20(2,3)4;/h7-8,10-11,24H,6,9,12-16H2,1-5H3,(H2,21,22,23);1H. The molecular formula is C20H37IN4O4S. The Balaban J connectivity index is 0.00000841. The molecule has 0 fully saturated rings. The van der Waals surface area contributed by atoms with Crippen molar-refractivity contribution in [1.29, 1.82) is 0 Å². The van der Waals surface area contributed by atoms with E-state index in [1.807, 2.05) is 33.8 Å². The molecule has 1 aromatic rings. The topological polar surface area (TPSA) is 101 Å². The molecule has 10 heteroatoms. The molecule has 0 saturated carbocycles. The maximum absolute atomic E-state index is 12.7. The Morgan fingerprint density at radius 2 is 1.80 bits per heavy atom. The molecule has 3 N–H and O–H groups in total. The summed E-state index contributed by atoms with van der Waals surface area (Å²) in [7, 11) is -1.98. The number of nitrogens with one attached hydrogen (secondary N) is 3. The highest BCUT2D eigenvalue weighted by Gasteiger charge is 2.24. The largest absolute Gasteiger partial charge is 0.382 e. The minimum absolute atomic E-state index is 0. The van der Waals surface area contributed by atoms with Crippen molar-refractivity contribution in [1.82, 2.24) is 15.4 Å². The van der Waals surface area contributed by atoms with Crippen LogP contribution in [0.2, 0.25) is 0 Å². The average molecular weight is 557 g/mol. The van der Waals surface area contributed by atoms with Gasteiger partial charge >= 0.3 is 0 Å². The summed E-state index contributed by atoms with van der Waals surface area (Å²) in [5, 5.41) is 6.41. The molecule has 0 aliphatic carbocycles. The predicted molar refractivity (Wildman–Crippen MR) is 132 cm³/mol. The number of hydrogen-bond donors (Lipinski definition) is 3. The van der Waals surface area contributed by atoms with Crippen LogP contribution in [0.3, 0.4) is 0 Å². The Morgan fingerprint density at radius 3 is 2.43 bits per heavy atom. The molecule has 0 radical (unpaired) electrons. The van der Waals surface area contributed by atoms with E-state index >= 15 is 0 Å². The number of benzene rings is 1. The number of guanidine groups is 1. The molecule has 0 bridgehead atoms. The maximum Gasteiger partial charge on any atom is 0.241 e. The van der Waals surface area contributed by atoms with Crippen molar-refractivity contribution in [2.45, 2.75) is 51.1 Å². The van der Waals surface area contributed by atoms with Gasteiger partial charge in [-0.2, -0.15) is 0 Å². The van der Waals surface area contributed by atoms with Crippen LogP contribution in [0.1, 0.15) is 39.7 Å². The molecule has 1 rings (SSSR count). The first kappa shape index (κ1) is 29.1. The summed E-state index contributed by atoms with van der Waals surface area (Å²) in [4.78, 5) is 4.79. The number of ether oxygens (including phenoxy) is 2. The molecule has 0 aliphatic rings. The van der Waals surface area contributed by atoms with Crippen molar-refractivity contribution >= 4 is 40.0 Å². The maximum atomic E-state index is 12.7. The summed E-state index contributed by atoms with van der Waals surface area (Å²) in [5.74, 6) is 0.639. The van der Waals surface area contributed by atoms with Crippen molar-refractivity contribution in [3.63, 3.8) is 0 Å². The number of hydrogen-bond acceptors (Lipinski definition) is 5. The lowest BCUT2D eigenvalue weighted by atomic mass is 10.1. The van der Waals surface area contributed by atoms with E-state index < -0.39 is 15.6 Å². The second-order valence-electron chi connectivity index (χ2n) is 7.54. The van der Waals surface area contributed by atoms with Gasteiger partial charge in [-0.1, -0.05) is 18.2 Å². The normalized spacial score (nSPS) is 12.4. The van der Waals surface area contributed by atoms with Crippen molar-refractivity contribution < 1.29 is 17.9 Å². The van der Waals surface area contributed by atoms with Crippen molar-refractivity contribution in [3.8, 4) is 0 Å². The molecule has 174 valence electrons. The summed E-state index contributed by atoms with van der Waals surface area (Å²) in [6, 6.07) is 6.93. The lowest BCUT2D eigenvalue weighted by Crippen LogP contribution is -2.40. The van der Waals surface area contributed by atoms with Crippen molar-refractivity contribution in [3.05, 3.63) is 29.8 Å². The van der Waals surface area contributed by atoms with Gasteiger partial charge in [0.25, 0.3) is 0 Å². The summed E-state index contributed by atoms with van der Waals surface area (Å²) in [6.45, 7) is 10.9. The van der Waals surface area contributed by atoms with E-state index in [0.29, 0.717) is 44.4 Å². The third kappa shape index (κ3) is 12.0. The molecule has 0 aromatic heterocycles. The van der Waals surface area contributed by atoms with Crippen LogP contribution >= 0.6 is 24.0 Å². The fourth-order valence-corrected chi connectivity index (χ4v) is 4.14. The quantitative estimate of drug-likeness (QED) is 0.158. The third-order valence-electron chi connectivity index (χ3n) is 3.64. The number of halogens is 1. The highest BCUT2D eigenvalue weighted by Crippen LogP contribution is 2.18. The van der Waals surface area contributed by atoms with Gasteiger partial charge in [0.15, 0.2) is 5.96 Å². The molecular weight excluding hydrogens is 519 g/mol. The van der Waals surface area contributed by atoms with Crippen LogP contribution in [0.5, 0.6) is 0 Å². The zero-order valence-electron chi connectivity index (χ0n) is 18.7. The molecule has 0 saturated heterocycles. The summed E-state index contributed by atoms with van der Waals surface area (Å²) in [5.41, 5.74) is 0.0844. The summed E-state index contributed by atoms with van der Waals surface area (Å²) >= 11 is 0. The first-order valence-electron chi connectivity index (χ1n) is 9.90. The molecule has 0 atom stereocenters. The smallest absolute Gasteiger partial charge is 0.241 e. The number of rotatable bonds is 12. The van der Waals surface area contributed by atoms with Gasteiger partial charge in [-0.15, -0.1) is 24.0 Å². The molecule has 0 amide bonds. The molecule has 8 nitrogen and oxygen atoms in total. The van der Waals surface area contributed by atoms with Crippen LogP contribution in [0.4, 0.5) is 0 Å². The number of aliphatic imine (C=N–C) groups is 1.